The van der Waals surface area contributed by atoms with Gasteiger partial charge in [-0.1, -0.05) is 19.8 Å². The van der Waals surface area contributed by atoms with E-state index in [1.54, 1.807) is 0 Å². The molecule has 1 saturated heterocycles. The molecule has 1 aliphatic heterocycles. The van der Waals surface area contributed by atoms with Crippen molar-refractivity contribution in [2.75, 3.05) is 19.6 Å². The molecule has 1 fully saturated rings. The summed E-state index contributed by atoms with van der Waals surface area (Å²) in [6.07, 6.45) is 10.7. The topological polar surface area (TPSA) is 21.1 Å². The van der Waals surface area contributed by atoms with Crippen LogP contribution in [0.25, 0.3) is 0 Å². The molecular weight excluding hydrogens is 210 g/mol. The number of rotatable bonds is 6. The SMILES string of the molecule is CCCCCN1CCCC(Cn2cccn2)C1. The van der Waals surface area contributed by atoms with Gasteiger partial charge in [-0.05, 0) is 44.3 Å². The fourth-order valence-corrected chi connectivity index (χ4v) is 2.76. The van der Waals surface area contributed by atoms with E-state index in [4.69, 9.17) is 0 Å². The van der Waals surface area contributed by atoms with Crippen molar-refractivity contribution in [3.63, 3.8) is 0 Å². The molecule has 0 amide bonds. The Kier molecular flexibility index (Phi) is 5.05. The van der Waals surface area contributed by atoms with E-state index < -0.39 is 0 Å². The van der Waals surface area contributed by atoms with E-state index in [-0.39, 0.29) is 0 Å². The number of hydrogen-bond acceptors (Lipinski definition) is 2. The van der Waals surface area contributed by atoms with Crippen molar-refractivity contribution in [3.8, 4) is 0 Å². The lowest BCUT2D eigenvalue weighted by atomic mass is 9.98. The Morgan fingerprint density at radius 2 is 2.29 bits per heavy atom. The van der Waals surface area contributed by atoms with Crippen LogP contribution in [0.15, 0.2) is 18.5 Å². The molecule has 0 aromatic carbocycles. The van der Waals surface area contributed by atoms with Crippen molar-refractivity contribution in [3.05, 3.63) is 18.5 Å². The van der Waals surface area contributed by atoms with E-state index in [0.717, 1.165) is 12.5 Å². The number of hydrogen-bond donors (Lipinski definition) is 0. The minimum absolute atomic E-state index is 0.797. The number of likely N-dealkylation sites (tertiary alicyclic amines) is 1. The van der Waals surface area contributed by atoms with Crippen LogP contribution in [0.1, 0.15) is 39.0 Å². The van der Waals surface area contributed by atoms with Crippen LogP contribution in [0.2, 0.25) is 0 Å². The summed E-state index contributed by atoms with van der Waals surface area (Å²) in [7, 11) is 0. The number of unbranched alkanes of at least 4 members (excludes halogenated alkanes) is 2. The first-order valence-corrected chi connectivity index (χ1v) is 7.08. The molecule has 1 unspecified atom stereocenters. The van der Waals surface area contributed by atoms with Gasteiger partial charge in [-0.3, -0.25) is 4.68 Å². The van der Waals surface area contributed by atoms with Gasteiger partial charge in [0, 0.05) is 25.5 Å². The Labute approximate surface area is 105 Å². The maximum atomic E-state index is 4.31. The second-order valence-corrected chi connectivity index (χ2v) is 5.24. The summed E-state index contributed by atoms with van der Waals surface area (Å²) < 4.78 is 2.08. The summed E-state index contributed by atoms with van der Waals surface area (Å²) in [6, 6.07) is 2.02. The van der Waals surface area contributed by atoms with E-state index in [9.17, 15) is 0 Å². The van der Waals surface area contributed by atoms with Gasteiger partial charge < -0.3 is 4.90 Å². The molecule has 2 heterocycles. The summed E-state index contributed by atoms with van der Waals surface area (Å²) >= 11 is 0. The van der Waals surface area contributed by atoms with Crippen LogP contribution in [0.4, 0.5) is 0 Å². The smallest absolute Gasteiger partial charge is 0.0489 e. The van der Waals surface area contributed by atoms with Crippen molar-refractivity contribution >= 4 is 0 Å². The second-order valence-electron chi connectivity index (χ2n) is 5.24. The number of piperidine rings is 1. The van der Waals surface area contributed by atoms with Gasteiger partial charge in [-0.2, -0.15) is 5.10 Å². The quantitative estimate of drug-likeness (QED) is 0.707. The lowest BCUT2D eigenvalue weighted by molar-refractivity contribution is 0.157. The van der Waals surface area contributed by atoms with Crippen molar-refractivity contribution in [1.82, 2.24) is 14.7 Å². The zero-order valence-electron chi connectivity index (χ0n) is 11.0. The fourth-order valence-electron chi connectivity index (χ4n) is 2.76. The van der Waals surface area contributed by atoms with E-state index in [2.05, 4.69) is 27.8 Å². The summed E-state index contributed by atoms with van der Waals surface area (Å²) in [5.74, 6) is 0.797. The van der Waals surface area contributed by atoms with Crippen LogP contribution >= 0.6 is 0 Å². The molecule has 1 aliphatic rings. The zero-order valence-corrected chi connectivity index (χ0v) is 11.0. The maximum absolute atomic E-state index is 4.31. The van der Waals surface area contributed by atoms with Crippen molar-refractivity contribution < 1.29 is 0 Å². The van der Waals surface area contributed by atoms with Crippen LogP contribution < -0.4 is 0 Å². The average Bonchev–Trinajstić information content (AvgIpc) is 2.83. The highest BCUT2D eigenvalue weighted by molar-refractivity contribution is 4.80. The molecule has 1 atom stereocenters. The fraction of sp³-hybridized carbons (Fsp3) is 0.786. The van der Waals surface area contributed by atoms with E-state index >= 15 is 0 Å². The van der Waals surface area contributed by atoms with Gasteiger partial charge in [-0.15, -0.1) is 0 Å². The van der Waals surface area contributed by atoms with Gasteiger partial charge in [0.15, 0.2) is 0 Å². The highest BCUT2D eigenvalue weighted by atomic mass is 15.3. The van der Waals surface area contributed by atoms with Crippen molar-refractivity contribution in [1.29, 1.82) is 0 Å². The van der Waals surface area contributed by atoms with Crippen molar-refractivity contribution in [2.45, 2.75) is 45.6 Å². The zero-order chi connectivity index (χ0) is 11.9. The van der Waals surface area contributed by atoms with Gasteiger partial charge in [-0.25, -0.2) is 0 Å². The second kappa shape index (κ2) is 6.80. The molecule has 0 aliphatic carbocycles. The maximum Gasteiger partial charge on any atom is 0.0489 e. The van der Waals surface area contributed by atoms with Crippen LogP contribution in [0, 0.1) is 5.92 Å². The molecule has 0 bridgehead atoms. The van der Waals surface area contributed by atoms with Gasteiger partial charge in [0.1, 0.15) is 0 Å². The lowest BCUT2D eigenvalue weighted by Crippen LogP contribution is -2.37. The van der Waals surface area contributed by atoms with E-state index in [1.165, 1.54) is 51.7 Å². The number of nitrogens with zero attached hydrogens (tertiary/aromatic N) is 3. The molecule has 96 valence electrons. The molecule has 3 heteroatoms. The molecule has 0 N–H and O–H groups in total. The molecular formula is C14H25N3. The third kappa shape index (κ3) is 4.15. The third-order valence-corrected chi connectivity index (χ3v) is 3.69. The Morgan fingerprint density at radius 3 is 3.06 bits per heavy atom. The molecule has 17 heavy (non-hydrogen) atoms. The highest BCUT2D eigenvalue weighted by Gasteiger charge is 2.19. The predicted octanol–water partition coefficient (Wildman–Crippen LogP) is 2.79. The molecule has 1 aromatic rings. The molecule has 2 rings (SSSR count). The average molecular weight is 235 g/mol. The third-order valence-electron chi connectivity index (χ3n) is 3.69. The predicted molar refractivity (Wildman–Crippen MR) is 70.9 cm³/mol. The van der Waals surface area contributed by atoms with Crippen LogP contribution in [-0.4, -0.2) is 34.3 Å². The molecule has 0 saturated carbocycles. The number of aromatic nitrogens is 2. The first-order valence-electron chi connectivity index (χ1n) is 7.08. The minimum atomic E-state index is 0.797. The van der Waals surface area contributed by atoms with Gasteiger partial charge in [0.2, 0.25) is 0 Å². The summed E-state index contributed by atoms with van der Waals surface area (Å²) in [5, 5.41) is 4.31. The van der Waals surface area contributed by atoms with Crippen LogP contribution in [-0.2, 0) is 6.54 Å². The monoisotopic (exact) mass is 235 g/mol. The van der Waals surface area contributed by atoms with Gasteiger partial charge >= 0.3 is 0 Å². The Balaban J connectivity index is 1.72. The normalized spacial score (nSPS) is 21.8. The molecule has 1 aromatic heterocycles. The van der Waals surface area contributed by atoms with Gasteiger partial charge in [0.05, 0.1) is 0 Å². The van der Waals surface area contributed by atoms with Crippen LogP contribution in [0.5, 0.6) is 0 Å². The summed E-state index contributed by atoms with van der Waals surface area (Å²) in [5.41, 5.74) is 0. The molecule has 3 nitrogen and oxygen atoms in total. The largest absolute Gasteiger partial charge is 0.303 e. The molecule has 0 spiro atoms. The first-order chi connectivity index (χ1) is 8.38. The first kappa shape index (κ1) is 12.6. The Morgan fingerprint density at radius 1 is 1.35 bits per heavy atom. The van der Waals surface area contributed by atoms with Crippen molar-refractivity contribution in [2.24, 2.45) is 5.92 Å². The summed E-state index contributed by atoms with van der Waals surface area (Å²) in [4.78, 5) is 2.65. The lowest BCUT2D eigenvalue weighted by Gasteiger charge is -2.32. The van der Waals surface area contributed by atoms with E-state index in [1.807, 2.05) is 12.3 Å². The van der Waals surface area contributed by atoms with Crippen LogP contribution in [0.3, 0.4) is 0 Å². The van der Waals surface area contributed by atoms with Gasteiger partial charge in [0.25, 0.3) is 0 Å². The minimum Gasteiger partial charge on any atom is -0.303 e. The standard InChI is InChI=1S/C14H25N3/c1-2-3-4-9-16-10-5-7-14(12-16)13-17-11-6-8-15-17/h6,8,11,14H,2-5,7,9-10,12-13H2,1H3. The highest BCUT2D eigenvalue weighted by Crippen LogP contribution is 2.18. The summed E-state index contributed by atoms with van der Waals surface area (Å²) in [6.45, 7) is 7.24. The molecule has 0 radical (unpaired) electrons. The van der Waals surface area contributed by atoms with E-state index in [0.29, 0.717) is 0 Å². The Hall–Kier alpha value is -0.830. The Bertz CT molecular complexity index is 294.